The fourth-order valence-electron chi connectivity index (χ4n) is 2.65. The van der Waals surface area contributed by atoms with Gasteiger partial charge in [-0.05, 0) is 24.8 Å². The van der Waals surface area contributed by atoms with Gasteiger partial charge in [0.1, 0.15) is 9.88 Å². The van der Waals surface area contributed by atoms with Crippen LogP contribution in [0.2, 0.25) is 5.02 Å². The topological polar surface area (TPSA) is 68.7 Å². The number of ether oxygens (including phenoxy) is 2. The minimum Gasteiger partial charge on any atom is -0.493 e. The van der Waals surface area contributed by atoms with Gasteiger partial charge in [-0.1, -0.05) is 11.6 Å². The van der Waals surface area contributed by atoms with Gasteiger partial charge in [-0.25, -0.2) is 9.78 Å². The van der Waals surface area contributed by atoms with Crippen molar-refractivity contribution in [3.8, 4) is 33.3 Å². The molecule has 0 radical (unpaired) electrons. The van der Waals surface area contributed by atoms with Gasteiger partial charge in [0.25, 0.3) is 0 Å². The highest BCUT2D eigenvalue weighted by Gasteiger charge is 2.23. The highest BCUT2D eigenvalue weighted by molar-refractivity contribution is 8.00. The summed E-state index contributed by atoms with van der Waals surface area (Å²) in [4.78, 5) is 16.5. The second-order valence-corrected chi connectivity index (χ2v) is 8.81. The molecule has 2 heterocycles. The lowest BCUT2D eigenvalue weighted by atomic mass is 10.1. The maximum Gasteiger partial charge on any atom is 0.346 e. The Morgan fingerprint density at radius 3 is 2.52 bits per heavy atom. The standard InChI is InChI=1S/C18H16ClNO4S3/c1-8-14(18(25-4)27-15(8)17(21)22)16-20-11(7-26-16)9-5-12(23-2)13(24-3)6-10(9)19/h5-7H,1-4H3,(H,21,22). The molecule has 0 atom stereocenters. The van der Waals surface area contributed by atoms with Crippen LogP contribution in [0.15, 0.2) is 21.7 Å². The summed E-state index contributed by atoms with van der Waals surface area (Å²) in [7, 11) is 3.12. The summed E-state index contributed by atoms with van der Waals surface area (Å²) >= 11 is 10.7. The first-order valence-corrected chi connectivity index (χ1v) is 11.0. The Kier molecular flexibility index (Phi) is 6.00. The van der Waals surface area contributed by atoms with E-state index < -0.39 is 5.97 Å². The van der Waals surface area contributed by atoms with Crippen molar-refractivity contribution >= 4 is 52.0 Å². The van der Waals surface area contributed by atoms with Crippen molar-refractivity contribution in [2.24, 2.45) is 0 Å². The maximum absolute atomic E-state index is 11.5. The zero-order valence-corrected chi connectivity index (χ0v) is 18.2. The summed E-state index contributed by atoms with van der Waals surface area (Å²) < 4.78 is 11.6. The van der Waals surface area contributed by atoms with Crippen LogP contribution in [0, 0.1) is 6.92 Å². The molecule has 0 aliphatic carbocycles. The van der Waals surface area contributed by atoms with E-state index in [9.17, 15) is 9.90 Å². The number of carboxylic acid groups (broad SMARTS) is 1. The van der Waals surface area contributed by atoms with Gasteiger partial charge in [-0.3, -0.25) is 0 Å². The van der Waals surface area contributed by atoms with Gasteiger partial charge in [0, 0.05) is 22.6 Å². The largest absolute Gasteiger partial charge is 0.493 e. The monoisotopic (exact) mass is 441 g/mol. The highest BCUT2D eigenvalue weighted by atomic mass is 35.5. The number of aromatic nitrogens is 1. The lowest BCUT2D eigenvalue weighted by molar-refractivity contribution is 0.0701. The number of aromatic carboxylic acids is 1. The van der Waals surface area contributed by atoms with Crippen LogP contribution in [0.5, 0.6) is 11.5 Å². The third-order valence-corrected chi connectivity index (χ3v) is 7.53. The molecule has 9 heteroatoms. The normalized spacial score (nSPS) is 10.9. The Bertz CT molecular complexity index is 1010. The van der Waals surface area contributed by atoms with Crippen molar-refractivity contribution in [2.75, 3.05) is 20.5 Å². The lowest BCUT2D eigenvalue weighted by Gasteiger charge is -2.10. The van der Waals surface area contributed by atoms with Gasteiger partial charge in [-0.2, -0.15) is 0 Å². The summed E-state index contributed by atoms with van der Waals surface area (Å²) in [6.07, 6.45) is 1.93. The average molecular weight is 442 g/mol. The van der Waals surface area contributed by atoms with Crippen molar-refractivity contribution in [3.05, 3.63) is 33.0 Å². The summed E-state index contributed by atoms with van der Waals surface area (Å²) in [6.45, 7) is 1.82. The molecule has 0 aliphatic rings. The molecule has 1 aromatic carbocycles. The van der Waals surface area contributed by atoms with E-state index in [0.717, 1.165) is 25.9 Å². The molecule has 142 valence electrons. The number of benzene rings is 1. The van der Waals surface area contributed by atoms with Crippen LogP contribution in [-0.4, -0.2) is 36.5 Å². The average Bonchev–Trinajstić information content (AvgIpc) is 3.25. The maximum atomic E-state index is 11.5. The van der Waals surface area contributed by atoms with Crippen LogP contribution in [-0.2, 0) is 0 Å². The third-order valence-electron chi connectivity index (χ3n) is 3.96. The van der Waals surface area contributed by atoms with Gasteiger partial charge < -0.3 is 14.6 Å². The molecule has 5 nitrogen and oxygen atoms in total. The molecule has 0 amide bonds. The Morgan fingerprint density at radius 1 is 1.26 bits per heavy atom. The van der Waals surface area contributed by atoms with Gasteiger partial charge in [-0.15, -0.1) is 34.4 Å². The van der Waals surface area contributed by atoms with E-state index in [0.29, 0.717) is 27.1 Å². The zero-order valence-electron chi connectivity index (χ0n) is 15.0. The number of halogens is 1. The van der Waals surface area contributed by atoms with Crippen molar-refractivity contribution < 1.29 is 19.4 Å². The quantitative estimate of drug-likeness (QED) is 0.477. The molecular formula is C18H16ClNO4S3. The SMILES string of the molecule is COc1cc(Cl)c(-c2csc(-c3c(SC)sc(C(=O)O)c3C)n2)cc1OC. The molecule has 0 saturated heterocycles. The van der Waals surface area contributed by atoms with Gasteiger partial charge in [0.2, 0.25) is 0 Å². The number of thiazole rings is 1. The van der Waals surface area contributed by atoms with Crippen molar-refractivity contribution in [1.29, 1.82) is 0 Å². The third kappa shape index (κ3) is 3.67. The molecular weight excluding hydrogens is 426 g/mol. The fraction of sp³-hybridized carbons (Fsp3) is 0.222. The second-order valence-electron chi connectivity index (χ2n) is 5.45. The van der Waals surface area contributed by atoms with Gasteiger partial charge in [0.05, 0.1) is 29.1 Å². The molecule has 27 heavy (non-hydrogen) atoms. The summed E-state index contributed by atoms with van der Waals surface area (Å²) in [5, 5.41) is 12.6. The van der Waals surface area contributed by atoms with Crippen LogP contribution in [0.25, 0.3) is 21.8 Å². The minimum absolute atomic E-state index is 0.343. The van der Waals surface area contributed by atoms with E-state index in [1.807, 2.05) is 18.6 Å². The molecule has 0 unspecified atom stereocenters. The number of carboxylic acids is 1. The van der Waals surface area contributed by atoms with Gasteiger partial charge in [0.15, 0.2) is 11.5 Å². The predicted molar refractivity (Wildman–Crippen MR) is 112 cm³/mol. The second kappa shape index (κ2) is 8.10. The number of thiophene rings is 1. The Hall–Kier alpha value is -1.74. The summed E-state index contributed by atoms with van der Waals surface area (Å²) in [5.41, 5.74) is 3.04. The molecule has 0 bridgehead atoms. The number of methoxy groups -OCH3 is 2. The molecule has 3 aromatic rings. The Balaban J connectivity index is 2.10. The van der Waals surface area contributed by atoms with E-state index in [2.05, 4.69) is 0 Å². The number of nitrogens with zero attached hydrogens (tertiary/aromatic N) is 1. The van der Waals surface area contributed by atoms with Crippen LogP contribution < -0.4 is 9.47 Å². The van der Waals surface area contributed by atoms with E-state index in [-0.39, 0.29) is 0 Å². The number of hydrogen-bond acceptors (Lipinski definition) is 7. The van der Waals surface area contributed by atoms with E-state index >= 15 is 0 Å². The first kappa shape index (κ1) is 20.0. The smallest absolute Gasteiger partial charge is 0.346 e. The molecule has 0 fully saturated rings. The molecule has 0 aliphatic heterocycles. The molecule has 0 saturated carbocycles. The van der Waals surface area contributed by atoms with Crippen molar-refractivity contribution in [1.82, 2.24) is 4.98 Å². The van der Waals surface area contributed by atoms with Gasteiger partial charge >= 0.3 is 5.97 Å². The molecule has 1 N–H and O–H groups in total. The van der Waals surface area contributed by atoms with E-state index in [4.69, 9.17) is 26.1 Å². The Labute approximate surface area is 173 Å². The van der Waals surface area contributed by atoms with Crippen LogP contribution >= 0.6 is 46.0 Å². The van der Waals surface area contributed by atoms with Crippen molar-refractivity contribution in [2.45, 2.75) is 11.1 Å². The first-order chi connectivity index (χ1) is 12.9. The number of thioether (sulfide) groups is 1. The van der Waals surface area contributed by atoms with Crippen LogP contribution in [0.3, 0.4) is 0 Å². The minimum atomic E-state index is -0.918. The number of carbonyl (C=O) groups is 1. The summed E-state index contributed by atoms with van der Waals surface area (Å²) in [5.74, 6) is 0.195. The fourth-order valence-corrected chi connectivity index (χ4v) is 5.87. The number of rotatable bonds is 6. The highest BCUT2D eigenvalue weighted by Crippen LogP contribution is 2.45. The summed E-state index contributed by atoms with van der Waals surface area (Å²) in [6, 6.07) is 3.49. The van der Waals surface area contributed by atoms with E-state index in [1.54, 1.807) is 26.4 Å². The first-order valence-electron chi connectivity index (χ1n) is 7.69. The Morgan fingerprint density at radius 2 is 1.93 bits per heavy atom. The zero-order chi connectivity index (χ0) is 19.7. The molecule has 3 rings (SSSR count). The lowest BCUT2D eigenvalue weighted by Crippen LogP contribution is -1.94. The molecule has 2 aromatic heterocycles. The molecule has 0 spiro atoms. The predicted octanol–water partition coefficient (Wildman–Crippen LogP) is 5.94. The van der Waals surface area contributed by atoms with E-state index in [1.165, 1.54) is 34.4 Å². The number of hydrogen-bond donors (Lipinski definition) is 1. The van der Waals surface area contributed by atoms with Crippen LogP contribution in [0.1, 0.15) is 15.2 Å². The van der Waals surface area contributed by atoms with Crippen LogP contribution in [0.4, 0.5) is 0 Å². The van der Waals surface area contributed by atoms with Crippen molar-refractivity contribution in [3.63, 3.8) is 0 Å².